The van der Waals surface area contributed by atoms with Gasteiger partial charge in [-0.15, -0.1) is 0 Å². The number of hydrogen-bond donors (Lipinski definition) is 2. The number of amides is 3. The van der Waals surface area contributed by atoms with E-state index >= 15 is 0 Å². The molecule has 0 saturated carbocycles. The highest BCUT2D eigenvalue weighted by Crippen LogP contribution is 2.20. The van der Waals surface area contributed by atoms with Crippen molar-refractivity contribution in [3.63, 3.8) is 0 Å². The zero-order chi connectivity index (χ0) is 17.5. The molecule has 2 fully saturated rings. The van der Waals surface area contributed by atoms with Crippen LogP contribution in [0.2, 0.25) is 0 Å². The van der Waals surface area contributed by atoms with Gasteiger partial charge in [0.25, 0.3) is 0 Å². The summed E-state index contributed by atoms with van der Waals surface area (Å²) < 4.78 is 5.46. The molecule has 7 heteroatoms. The van der Waals surface area contributed by atoms with Crippen molar-refractivity contribution in [3.05, 3.63) is 0 Å². The second kappa shape index (κ2) is 9.22. The van der Waals surface area contributed by atoms with Crippen molar-refractivity contribution < 1.29 is 14.3 Å². The lowest BCUT2D eigenvalue weighted by molar-refractivity contribution is -0.121. The molecule has 2 heterocycles. The summed E-state index contributed by atoms with van der Waals surface area (Å²) in [5.74, 6) is 0.0405. The fourth-order valence-corrected chi connectivity index (χ4v) is 3.82. The van der Waals surface area contributed by atoms with Gasteiger partial charge in [0, 0.05) is 38.8 Å². The number of morpholine rings is 1. The minimum absolute atomic E-state index is 0.0806. The Kier molecular flexibility index (Phi) is 7.30. The maximum absolute atomic E-state index is 12.4. The van der Waals surface area contributed by atoms with E-state index in [1.165, 1.54) is 0 Å². The highest BCUT2D eigenvalue weighted by atomic mass is 16.5. The van der Waals surface area contributed by atoms with Crippen molar-refractivity contribution in [1.82, 2.24) is 15.1 Å². The lowest BCUT2D eigenvalue weighted by Crippen LogP contribution is -2.53. The number of hydrogen-bond acceptors (Lipinski definition) is 4. The fraction of sp³-hybridized carbons (Fsp3) is 0.882. The van der Waals surface area contributed by atoms with Crippen LogP contribution in [0, 0.1) is 11.8 Å². The van der Waals surface area contributed by atoms with Gasteiger partial charge in [-0.05, 0) is 12.3 Å². The second-order valence-electron chi connectivity index (χ2n) is 6.81. The monoisotopic (exact) mass is 340 g/mol. The summed E-state index contributed by atoms with van der Waals surface area (Å²) >= 11 is 0. The van der Waals surface area contributed by atoms with E-state index in [1.54, 1.807) is 4.90 Å². The quantitative estimate of drug-likeness (QED) is 0.712. The molecule has 0 unspecified atom stereocenters. The minimum atomic E-state index is -0.312. The summed E-state index contributed by atoms with van der Waals surface area (Å²) in [6.45, 7) is 9.47. The van der Waals surface area contributed by atoms with Crippen LogP contribution in [0.4, 0.5) is 4.79 Å². The van der Waals surface area contributed by atoms with Crippen LogP contribution in [0.15, 0.2) is 0 Å². The SMILES string of the molecule is CCC(CC)[C@H](CNC(=O)N1CC[C@@H](C(N)=O)C1)N1CCOCC1. The molecule has 0 aliphatic carbocycles. The average Bonchev–Trinajstić information content (AvgIpc) is 3.09. The number of nitrogens with one attached hydrogen (secondary N) is 1. The van der Waals surface area contributed by atoms with Gasteiger partial charge in [-0.1, -0.05) is 26.7 Å². The van der Waals surface area contributed by atoms with Crippen molar-refractivity contribution >= 4 is 11.9 Å². The molecule has 0 aromatic carbocycles. The zero-order valence-electron chi connectivity index (χ0n) is 15.0. The smallest absolute Gasteiger partial charge is 0.317 e. The first-order chi connectivity index (χ1) is 11.6. The number of rotatable bonds is 7. The molecule has 138 valence electrons. The molecule has 2 aliphatic rings. The first-order valence-corrected chi connectivity index (χ1v) is 9.20. The molecule has 24 heavy (non-hydrogen) atoms. The summed E-state index contributed by atoms with van der Waals surface area (Å²) in [6, 6.07) is 0.255. The topological polar surface area (TPSA) is 87.9 Å². The number of nitrogens with two attached hydrogens (primary N) is 1. The predicted molar refractivity (Wildman–Crippen MR) is 92.5 cm³/mol. The van der Waals surface area contributed by atoms with Gasteiger partial charge in [0.05, 0.1) is 19.1 Å². The van der Waals surface area contributed by atoms with Gasteiger partial charge in [-0.3, -0.25) is 9.69 Å². The van der Waals surface area contributed by atoms with Gasteiger partial charge in [-0.2, -0.15) is 0 Å². The van der Waals surface area contributed by atoms with E-state index in [9.17, 15) is 9.59 Å². The number of primary amides is 1. The number of carbonyl (C=O) groups is 2. The minimum Gasteiger partial charge on any atom is -0.379 e. The van der Waals surface area contributed by atoms with Gasteiger partial charge >= 0.3 is 6.03 Å². The van der Waals surface area contributed by atoms with Crippen LogP contribution in [-0.2, 0) is 9.53 Å². The summed E-state index contributed by atoms with van der Waals surface area (Å²) in [7, 11) is 0. The average molecular weight is 340 g/mol. The van der Waals surface area contributed by atoms with Crippen molar-refractivity contribution in [3.8, 4) is 0 Å². The molecule has 2 aliphatic heterocycles. The van der Waals surface area contributed by atoms with Gasteiger partial charge in [0.2, 0.25) is 5.91 Å². The lowest BCUT2D eigenvalue weighted by Gasteiger charge is -2.39. The number of likely N-dealkylation sites (tertiary alicyclic amines) is 1. The van der Waals surface area contributed by atoms with Gasteiger partial charge in [-0.25, -0.2) is 4.79 Å². The Morgan fingerprint density at radius 1 is 1.21 bits per heavy atom. The molecule has 0 aromatic heterocycles. The first kappa shape index (κ1) is 19.0. The maximum Gasteiger partial charge on any atom is 0.317 e. The van der Waals surface area contributed by atoms with Crippen LogP contribution in [-0.4, -0.2) is 73.7 Å². The Morgan fingerprint density at radius 2 is 1.88 bits per heavy atom. The molecule has 2 rings (SSSR count). The summed E-state index contributed by atoms with van der Waals surface area (Å²) in [4.78, 5) is 27.8. The standard InChI is InChI=1S/C17H32N4O3/c1-3-13(4-2)15(20-7-9-24-10-8-20)11-19-17(23)21-6-5-14(12-21)16(18)22/h13-15H,3-12H2,1-2H3,(H2,18,22)(H,19,23)/t14-,15+/m1/s1. The normalized spacial score (nSPS) is 23.5. The number of nitrogens with zero attached hydrogens (tertiary/aromatic N) is 2. The summed E-state index contributed by atoms with van der Waals surface area (Å²) in [6.07, 6.45) is 2.87. The third-order valence-corrected chi connectivity index (χ3v) is 5.45. The molecule has 0 aromatic rings. The molecule has 7 nitrogen and oxygen atoms in total. The molecule has 3 N–H and O–H groups in total. The Morgan fingerprint density at radius 3 is 2.42 bits per heavy atom. The Bertz CT molecular complexity index is 422. The van der Waals surface area contributed by atoms with Gasteiger partial charge in [0.1, 0.15) is 0 Å². The number of urea groups is 1. The van der Waals surface area contributed by atoms with Crippen LogP contribution in [0.5, 0.6) is 0 Å². The van der Waals surface area contributed by atoms with Crippen molar-refractivity contribution in [2.45, 2.75) is 39.2 Å². The van der Waals surface area contributed by atoms with Gasteiger partial charge in [0.15, 0.2) is 0 Å². The van der Waals surface area contributed by atoms with Crippen LogP contribution >= 0.6 is 0 Å². The highest BCUT2D eigenvalue weighted by molar-refractivity contribution is 5.80. The zero-order valence-corrected chi connectivity index (χ0v) is 15.0. The van der Waals surface area contributed by atoms with E-state index < -0.39 is 0 Å². The van der Waals surface area contributed by atoms with Crippen molar-refractivity contribution in [1.29, 1.82) is 0 Å². The van der Waals surface area contributed by atoms with E-state index in [0.29, 0.717) is 38.0 Å². The van der Waals surface area contributed by atoms with E-state index in [0.717, 1.165) is 39.1 Å². The third-order valence-electron chi connectivity index (χ3n) is 5.45. The first-order valence-electron chi connectivity index (χ1n) is 9.20. The summed E-state index contributed by atoms with van der Waals surface area (Å²) in [5.41, 5.74) is 5.34. The van der Waals surface area contributed by atoms with E-state index in [1.807, 2.05) is 0 Å². The van der Waals surface area contributed by atoms with Crippen LogP contribution in [0.25, 0.3) is 0 Å². The van der Waals surface area contributed by atoms with E-state index in [-0.39, 0.29) is 17.9 Å². The molecule has 0 radical (unpaired) electrons. The van der Waals surface area contributed by atoms with E-state index in [2.05, 4.69) is 24.1 Å². The maximum atomic E-state index is 12.4. The number of carbonyl (C=O) groups excluding carboxylic acids is 2. The molecule has 3 amide bonds. The molecular weight excluding hydrogens is 308 g/mol. The largest absolute Gasteiger partial charge is 0.379 e. The van der Waals surface area contributed by atoms with Crippen LogP contribution < -0.4 is 11.1 Å². The van der Waals surface area contributed by atoms with E-state index in [4.69, 9.17) is 10.5 Å². The summed E-state index contributed by atoms with van der Waals surface area (Å²) in [5, 5.41) is 3.08. The molecule has 2 atom stereocenters. The third kappa shape index (κ3) is 4.83. The Balaban J connectivity index is 1.89. The number of ether oxygens (including phenoxy) is 1. The molecule has 2 saturated heterocycles. The highest BCUT2D eigenvalue weighted by Gasteiger charge is 2.31. The molecule has 0 spiro atoms. The Labute approximate surface area is 144 Å². The molecule has 0 bridgehead atoms. The Hall–Kier alpha value is -1.34. The predicted octanol–water partition coefficient (Wildman–Crippen LogP) is 0.640. The molecular formula is C17H32N4O3. The van der Waals surface area contributed by atoms with Crippen molar-refractivity contribution in [2.75, 3.05) is 45.9 Å². The fourth-order valence-electron chi connectivity index (χ4n) is 3.82. The second-order valence-corrected chi connectivity index (χ2v) is 6.81. The van der Waals surface area contributed by atoms with Crippen molar-refractivity contribution in [2.24, 2.45) is 17.6 Å². The van der Waals surface area contributed by atoms with Crippen LogP contribution in [0.1, 0.15) is 33.1 Å². The lowest BCUT2D eigenvalue weighted by atomic mass is 9.92. The van der Waals surface area contributed by atoms with Gasteiger partial charge < -0.3 is 20.7 Å². The van der Waals surface area contributed by atoms with Crippen LogP contribution in [0.3, 0.4) is 0 Å².